The third kappa shape index (κ3) is 9.86. The Labute approximate surface area is 275 Å². The second-order valence-corrected chi connectivity index (χ2v) is 13.8. The molecule has 0 unspecified atom stereocenters. The molecule has 16 heteroatoms. The van der Waals surface area contributed by atoms with Gasteiger partial charge in [-0.2, -0.15) is 26.3 Å². The van der Waals surface area contributed by atoms with Crippen LogP contribution in [0.25, 0.3) is 0 Å². The number of carbonyl (C=O) groups excluding carboxylic acids is 2. The molecule has 2 aromatic heterocycles. The molecule has 0 aromatic carbocycles. The number of rotatable bonds is 8. The van der Waals surface area contributed by atoms with Crippen molar-refractivity contribution in [2.45, 2.75) is 64.0 Å². The van der Waals surface area contributed by atoms with Crippen molar-refractivity contribution in [3.63, 3.8) is 0 Å². The summed E-state index contributed by atoms with van der Waals surface area (Å²) in [4.78, 5) is 35.5. The maximum absolute atomic E-state index is 12.6. The number of aliphatic hydroxyl groups is 2. The minimum absolute atomic E-state index is 0.150. The molecule has 48 heavy (non-hydrogen) atoms. The molecule has 4 rings (SSSR count). The van der Waals surface area contributed by atoms with Gasteiger partial charge < -0.3 is 30.6 Å². The lowest BCUT2D eigenvalue weighted by Crippen LogP contribution is -2.47. The maximum atomic E-state index is 12.6. The van der Waals surface area contributed by atoms with E-state index in [2.05, 4.69) is 20.6 Å². The van der Waals surface area contributed by atoms with Gasteiger partial charge in [-0.3, -0.25) is 19.6 Å². The minimum atomic E-state index is -4.47. The zero-order chi connectivity index (χ0) is 36.2. The van der Waals surface area contributed by atoms with E-state index in [-0.39, 0.29) is 48.9 Å². The molecular weight excluding hydrogens is 646 g/mol. The Kier molecular flexibility index (Phi) is 12.3. The molecule has 2 amide bonds. The highest BCUT2D eigenvalue weighted by atomic mass is 19.4. The summed E-state index contributed by atoms with van der Waals surface area (Å²) in [5, 5.41) is 24.4. The molecule has 2 saturated heterocycles. The summed E-state index contributed by atoms with van der Waals surface area (Å²) in [6.45, 7) is 8.35. The fraction of sp³-hybridized carbons (Fsp3) is 0.625. The summed E-state index contributed by atoms with van der Waals surface area (Å²) in [5.74, 6) is -0.864. The van der Waals surface area contributed by atoms with E-state index in [9.17, 15) is 46.1 Å². The average Bonchev–Trinajstić information content (AvgIpc) is 3.57. The summed E-state index contributed by atoms with van der Waals surface area (Å²) < 4.78 is 75.8. The van der Waals surface area contributed by atoms with Crippen molar-refractivity contribution in [1.82, 2.24) is 30.4 Å². The van der Waals surface area contributed by atoms with Gasteiger partial charge in [0.1, 0.15) is 11.4 Å². The molecule has 4 heterocycles. The number of alkyl halides is 6. The van der Waals surface area contributed by atoms with Crippen molar-refractivity contribution in [2.75, 3.05) is 53.5 Å². The molecule has 2 aliphatic heterocycles. The van der Waals surface area contributed by atoms with Gasteiger partial charge in [0.2, 0.25) is 11.8 Å². The first-order valence-corrected chi connectivity index (χ1v) is 15.4. The number of carbonyl (C=O) groups is 2. The Morgan fingerprint density at radius 1 is 0.688 bits per heavy atom. The lowest BCUT2D eigenvalue weighted by molar-refractivity contribution is -0.142. The number of hydrogen-bond donors (Lipinski definition) is 4. The first kappa shape index (κ1) is 39.1. The third-order valence-corrected chi connectivity index (χ3v) is 8.67. The Balaban J connectivity index is 0.000000260. The molecule has 0 radical (unpaired) electrons. The van der Waals surface area contributed by atoms with E-state index < -0.39 is 34.6 Å². The molecule has 0 bridgehead atoms. The highest BCUT2D eigenvalue weighted by Crippen LogP contribution is 2.33. The first-order chi connectivity index (χ1) is 22.1. The van der Waals surface area contributed by atoms with Crippen LogP contribution >= 0.6 is 0 Å². The van der Waals surface area contributed by atoms with Gasteiger partial charge in [0.25, 0.3) is 0 Å². The number of aliphatic hydroxyl groups excluding tert-OH is 2. The van der Waals surface area contributed by atoms with Gasteiger partial charge in [-0.05, 0) is 65.0 Å². The molecule has 10 nitrogen and oxygen atoms in total. The molecule has 0 aliphatic carbocycles. The number of halogens is 6. The largest absolute Gasteiger partial charge is 0.433 e. The van der Waals surface area contributed by atoms with Gasteiger partial charge in [0.15, 0.2) is 0 Å². The number of hydrogen-bond acceptors (Lipinski definition) is 8. The second-order valence-electron chi connectivity index (χ2n) is 13.8. The number of amides is 2. The van der Waals surface area contributed by atoms with Crippen LogP contribution in [0, 0.1) is 10.8 Å². The highest BCUT2D eigenvalue weighted by Gasteiger charge is 2.39. The summed E-state index contributed by atoms with van der Waals surface area (Å²) in [7, 11) is 3.77. The van der Waals surface area contributed by atoms with Crippen LogP contribution in [0.4, 0.5) is 26.3 Å². The van der Waals surface area contributed by atoms with Crippen LogP contribution < -0.4 is 10.6 Å². The standard InChI is InChI=1S/2C16H22F3N3O2/c2*1-15(2,9-23)14(24)21-12-8-22(3)7-11(12)10-4-5-13(20-6-10)16(17,18)19/h2*4-6,11-12,23H,7-9H2,1-3H3,(H,21,24)/t2*11-,12+/m10/s1. The van der Waals surface area contributed by atoms with Crippen molar-refractivity contribution in [2.24, 2.45) is 10.8 Å². The van der Waals surface area contributed by atoms with Gasteiger partial charge in [-0.15, -0.1) is 0 Å². The smallest absolute Gasteiger partial charge is 0.395 e. The summed E-state index contributed by atoms with van der Waals surface area (Å²) >= 11 is 0. The van der Waals surface area contributed by atoms with Crippen LogP contribution in [0.1, 0.15) is 62.0 Å². The molecule has 268 valence electrons. The maximum Gasteiger partial charge on any atom is 0.433 e. The van der Waals surface area contributed by atoms with Crippen LogP contribution in [-0.4, -0.2) is 107 Å². The van der Waals surface area contributed by atoms with Gasteiger partial charge in [-0.25, -0.2) is 0 Å². The van der Waals surface area contributed by atoms with Crippen molar-refractivity contribution in [3.8, 4) is 0 Å². The Morgan fingerprint density at radius 3 is 1.27 bits per heavy atom. The zero-order valence-electron chi connectivity index (χ0n) is 27.8. The van der Waals surface area contributed by atoms with E-state index in [1.165, 1.54) is 24.5 Å². The van der Waals surface area contributed by atoms with E-state index in [1.54, 1.807) is 27.7 Å². The number of nitrogens with one attached hydrogen (secondary N) is 2. The second kappa shape index (κ2) is 15.0. The summed E-state index contributed by atoms with van der Waals surface area (Å²) in [6.07, 6.45) is -6.49. The predicted octanol–water partition coefficient (Wildman–Crippen LogP) is 3.27. The van der Waals surface area contributed by atoms with Crippen LogP contribution in [0.15, 0.2) is 36.7 Å². The van der Waals surface area contributed by atoms with Crippen molar-refractivity contribution in [3.05, 3.63) is 59.2 Å². The van der Waals surface area contributed by atoms with Crippen LogP contribution in [0.3, 0.4) is 0 Å². The van der Waals surface area contributed by atoms with Crippen LogP contribution in [0.2, 0.25) is 0 Å². The van der Waals surface area contributed by atoms with E-state index in [4.69, 9.17) is 0 Å². The van der Waals surface area contributed by atoms with Crippen LogP contribution in [-0.2, 0) is 21.9 Å². The minimum Gasteiger partial charge on any atom is -0.395 e. The number of nitrogens with zero attached hydrogens (tertiary/aromatic N) is 4. The lowest BCUT2D eigenvalue weighted by atomic mass is 9.91. The highest BCUT2D eigenvalue weighted by molar-refractivity contribution is 5.83. The van der Waals surface area contributed by atoms with E-state index in [0.29, 0.717) is 37.3 Å². The van der Waals surface area contributed by atoms with Crippen molar-refractivity contribution >= 4 is 11.8 Å². The average molecular weight is 691 g/mol. The Bertz CT molecular complexity index is 1280. The molecule has 2 fully saturated rings. The Hall–Kier alpha value is -3.34. The molecule has 0 saturated carbocycles. The van der Waals surface area contributed by atoms with Gasteiger partial charge in [0.05, 0.1) is 24.0 Å². The quantitative estimate of drug-likeness (QED) is 0.311. The fourth-order valence-electron chi connectivity index (χ4n) is 5.42. The van der Waals surface area contributed by atoms with Gasteiger partial charge in [0, 0.05) is 62.5 Å². The number of likely N-dealkylation sites (tertiary alicyclic amines) is 2. The first-order valence-electron chi connectivity index (χ1n) is 15.4. The normalized spacial score (nSPS) is 22.6. The van der Waals surface area contributed by atoms with E-state index >= 15 is 0 Å². The van der Waals surface area contributed by atoms with Crippen molar-refractivity contribution in [1.29, 1.82) is 0 Å². The monoisotopic (exact) mass is 690 g/mol. The number of aromatic nitrogens is 2. The number of pyridine rings is 2. The van der Waals surface area contributed by atoms with Crippen molar-refractivity contribution < 1.29 is 46.1 Å². The van der Waals surface area contributed by atoms with Crippen LogP contribution in [0.5, 0.6) is 0 Å². The SMILES string of the molecule is CN1C[C@@H](NC(=O)C(C)(C)CO)[C@H](c2ccc(C(F)(F)F)nc2)C1.CN1C[C@H](NC(=O)C(C)(C)CO)[C@@H](c2ccc(C(F)(F)F)nc2)C1. The molecule has 4 N–H and O–H groups in total. The van der Waals surface area contributed by atoms with Gasteiger partial charge >= 0.3 is 12.4 Å². The summed E-state index contributed by atoms with van der Waals surface area (Å²) in [5.41, 5.74) is -2.38. The predicted molar refractivity (Wildman–Crippen MR) is 165 cm³/mol. The molecule has 2 aromatic rings. The van der Waals surface area contributed by atoms with E-state index in [0.717, 1.165) is 12.1 Å². The van der Waals surface area contributed by atoms with E-state index in [1.807, 2.05) is 23.9 Å². The zero-order valence-corrected chi connectivity index (χ0v) is 27.8. The molecule has 2 aliphatic rings. The molecule has 4 atom stereocenters. The topological polar surface area (TPSA) is 131 Å². The summed E-state index contributed by atoms with van der Waals surface area (Å²) in [6, 6.07) is 4.26. The number of likely N-dealkylation sites (N-methyl/N-ethyl adjacent to an activating group) is 2. The Morgan fingerprint density at radius 2 is 1.02 bits per heavy atom. The lowest BCUT2D eigenvalue weighted by Gasteiger charge is -2.26. The molecular formula is C32H44F6N6O4. The van der Waals surface area contributed by atoms with Gasteiger partial charge in [-0.1, -0.05) is 12.1 Å². The third-order valence-electron chi connectivity index (χ3n) is 8.67. The molecule has 0 spiro atoms. The fourth-order valence-corrected chi connectivity index (χ4v) is 5.42.